The third kappa shape index (κ3) is 4.18. The van der Waals surface area contributed by atoms with Crippen LogP contribution in [-0.2, 0) is 4.74 Å². The van der Waals surface area contributed by atoms with Gasteiger partial charge in [0.05, 0.1) is 18.3 Å². The molecule has 0 bridgehead atoms. The number of fused-ring (bicyclic) bond motifs is 1. The SMILES string of the molecule is CN(C)c1nc2nc([C@@H]3CCO[C@@H](c4cnn(C5CC5)c4)C3)nc(Oc3ccccc3)c2s1. The van der Waals surface area contributed by atoms with Gasteiger partial charge in [-0.2, -0.15) is 15.1 Å². The lowest BCUT2D eigenvalue weighted by molar-refractivity contribution is 0.00389. The molecule has 2 fully saturated rings. The molecule has 4 aromatic rings. The number of aromatic nitrogens is 5. The molecule has 4 heterocycles. The second-order valence-corrected chi connectivity index (χ2v) is 9.89. The lowest BCUT2D eigenvalue weighted by atomic mass is 9.92. The van der Waals surface area contributed by atoms with Crippen molar-refractivity contribution in [3.8, 4) is 11.6 Å². The van der Waals surface area contributed by atoms with Crippen LogP contribution in [0.15, 0.2) is 42.7 Å². The van der Waals surface area contributed by atoms with Crippen molar-refractivity contribution in [1.29, 1.82) is 0 Å². The molecule has 2 aliphatic rings. The van der Waals surface area contributed by atoms with Gasteiger partial charge >= 0.3 is 0 Å². The van der Waals surface area contributed by atoms with Crippen LogP contribution in [0.25, 0.3) is 10.3 Å². The number of ether oxygens (including phenoxy) is 2. The molecule has 170 valence electrons. The maximum Gasteiger partial charge on any atom is 0.242 e. The van der Waals surface area contributed by atoms with E-state index in [1.165, 1.54) is 12.8 Å². The zero-order valence-corrected chi connectivity index (χ0v) is 19.5. The van der Waals surface area contributed by atoms with Crippen LogP contribution in [0, 0.1) is 0 Å². The molecule has 1 saturated heterocycles. The van der Waals surface area contributed by atoms with E-state index in [2.05, 4.69) is 16.0 Å². The van der Waals surface area contributed by atoms with Crippen molar-refractivity contribution >= 4 is 26.8 Å². The van der Waals surface area contributed by atoms with E-state index in [1.807, 2.05) is 55.5 Å². The minimum Gasteiger partial charge on any atom is -0.437 e. The van der Waals surface area contributed by atoms with Gasteiger partial charge in [0, 0.05) is 38.4 Å². The quantitative estimate of drug-likeness (QED) is 0.394. The summed E-state index contributed by atoms with van der Waals surface area (Å²) in [6.07, 6.45) is 8.21. The highest BCUT2D eigenvalue weighted by molar-refractivity contribution is 7.22. The van der Waals surface area contributed by atoms with E-state index in [-0.39, 0.29) is 12.0 Å². The Morgan fingerprint density at radius 3 is 2.73 bits per heavy atom. The van der Waals surface area contributed by atoms with E-state index in [0.717, 1.165) is 39.8 Å². The van der Waals surface area contributed by atoms with Gasteiger partial charge in [0.1, 0.15) is 16.3 Å². The molecule has 0 spiro atoms. The fourth-order valence-corrected chi connectivity index (χ4v) is 5.02. The smallest absolute Gasteiger partial charge is 0.242 e. The predicted molar refractivity (Wildman–Crippen MR) is 127 cm³/mol. The van der Waals surface area contributed by atoms with Crippen molar-refractivity contribution in [1.82, 2.24) is 24.7 Å². The first-order chi connectivity index (χ1) is 16.1. The number of anilines is 1. The van der Waals surface area contributed by atoms with Crippen molar-refractivity contribution in [2.45, 2.75) is 43.7 Å². The summed E-state index contributed by atoms with van der Waals surface area (Å²) in [7, 11) is 3.96. The molecule has 0 N–H and O–H groups in total. The molecule has 1 aromatic carbocycles. The molecule has 8 nitrogen and oxygen atoms in total. The van der Waals surface area contributed by atoms with Gasteiger partial charge in [-0.1, -0.05) is 29.5 Å². The van der Waals surface area contributed by atoms with E-state index in [4.69, 9.17) is 24.4 Å². The number of para-hydroxylation sites is 1. The van der Waals surface area contributed by atoms with Gasteiger partial charge in [-0.3, -0.25) is 4.68 Å². The summed E-state index contributed by atoms with van der Waals surface area (Å²) in [5.74, 6) is 2.25. The molecule has 1 aliphatic heterocycles. The Hall–Kier alpha value is -3.04. The third-order valence-electron chi connectivity index (χ3n) is 6.13. The van der Waals surface area contributed by atoms with Gasteiger partial charge in [-0.15, -0.1) is 0 Å². The maximum absolute atomic E-state index is 6.22. The highest BCUT2D eigenvalue weighted by Gasteiger charge is 2.31. The van der Waals surface area contributed by atoms with E-state index < -0.39 is 0 Å². The maximum atomic E-state index is 6.22. The molecule has 1 aliphatic carbocycles. The first-order valence-corrected chi connectivity index (χ1v) is 12.2. The number of hydrogen-bond acceptors (Lipinski definition) is 8. The van der Waals surface area contributed by atoms with Gasteiger partial charge in [0.25, 0.3) is 0 Å². The van der Waals surface area contributed by atoms with E-state index in [1.54, 1.807) is 11.3 Å². The first kappa shape index (κ1) is 20.6. The highest BCUT2D eigenvalue weighted by Crippen LogP contribution is 2.41. The monoisotopic (exact) mass is 462 g/mol. The van der Waals surface area contributed by atoms with Gasteiger partial charge in [0.2, 0.25) is 5.88 Å². The Morgan fingerprint density at radius 1 is 1.09 bits per heavy atom. The molecule has 0 amide bonds. The molecule has 0 unspecified atom stereocenters. The van der Waals surface area contributed by atoms with Crippen molar-refractivity contribution < 1.29 is 9.47 Å². The summed E-state index contributed by atoms with van der Waals surface area (Å²) in [4.78, 5) is 16.5. The summed E-state index contributed by atoms with van der Waals surface area (Å²) >= 11 is 1.54. The fourth-order valence-electron chi connectivity index (χ4n) is 4.17. The van der Waals surface area contributed by atoms with Crippen LogP contribution in [-0.4, -0.2) is 45.4 Å². The van der Waals surface area contributed by atoms with Crippen LogP contribution in [0.1, 0.15) is 55.1 Å². The molecule has 3 aromatic heterocycles. The van der Waals surface area contributed by atoms with E-state index >= 15 is 0 Å². The minimum absolute atomic E-state index is 0.00167. The van der Waals surface area contributed by atoms with Crippen molar-refractivity contribution in [2.75, 3.05) is 25.6 Å². The average Bonchev–Trinajstić information content (AvgIpc) is 3.39. The molecule has 1 saturated carbocycles. The second kappa shape index (κ2) is 8.39. The van der Waals surface area contributed by atoms with Crippen molar-refractivity contribution in [3.05, 3.63) is 54.1 Å². The number of hydrogen-bond donors (Lipinski definition) is 0. The first-order valence-electron chi connectivity index (χ1n) is 11.4. The third-order valence-corrected chi connectivity index (χ3v) is 7.33. The van der Waals surface area contributed by atoms with Crippen LogP contribution in [0.3, 0.4) is 0 Å². The number of benzene rings is 1. The van der Waals surface area contributed by atoms with Crippen LogP contribution >= 0.6 is 11.3 Å². The Labute approximate surface area is 196 Å². The largest absolute Gasteiger partial charge is 0.437 e. The van der Waals surface area contributed by atoms with Crippen LogP contribution in [0.4, 0.5) is 5.13 Å². The Balaban J connectivity index is 1.33. The molecule has 0 radical (unpaired) electrons. The molecular weight excluding hydrogens is 436 g/mol. The van der Waals surface area contributed by atoms with Crippen molar-refractivity contribution in [2.24, 2.45) is 0 Å². The topological polar surface area (TPSA) is 78.2 Å². The summed E-state index contributed by atoms with van der Waals surface area (Å²) in [5.41, 5.74) is 1.82. The zero-order chi connectivity index (χ0) is 22.4. The molecule has 9 heteroatoms. The normalized spacial score (nSPS) is 20.8. The van der Waals surface area contributed by atoms with Crippen molar-refractivity contribution in [3.63, 3.8) is 0 Å². The Morgan fingerprint density at radius 2 is 1.94 bits per heavy atom. The number of rotatable bonds is 6. The highest BCUT2D eigenvalue weighted by atomic mass is 32.1. The summed E-state index contributed by atoms with van der Waals surface area (Å²) in [6, 6.07) is 10.3. The number of nitrogens with zero attached hydrogens (tertiary/aromatic N) is 6. The molecule has 33 heavy (non-hydrogen) atoms. The predicted octanol–water partition coefficient (Wildman–Crippen LogP) is 5.11. The van der Waals surface area contributed by atoms with Gasteiger partial charge in [-0.05, 0) is 37.8 Å². The molecular formula is C24H26N6O2S. The standard InChI is InChI=1S/C24H26N6O2S/c1-29(2)24-28-22-20(33-24)23(32-18-6-4-3-5-7-18)27-21(26-22)15-10-11-31-19(12-15)16-13-25-30(14-16)17-8-9-17/h3-7,13-15,17,19H,8-12H2,1-2H3/t15-,19-/m1/s1. The lowest BCUT2D eigenvalue weighted by Gasteiger charge is -2.28. The molecule has 2 atom stereocenters. The van der Waals surface area contributed by atoms with E-state index in [0.29, 0.717) is 24.2 Å². The minimum atomic E-state index is 0.00167. The fraction of sp³-hybridized carbons (Fsp3) is 0.417. The lowest BCUT2D eigenvalue weighted by Crippen LogP contribution is -2.20. The molecule has 6 rings (SSSR count). The van der Waals surface area contributed by atoms with Gasteiger partial charge in [-0.25, -0.2) is 4.98 Å². The van der Waals surface area contributed by atoms with Crippen LogP contribution in [0.2, 0.25) is 0 Å². The Bertz CT molecular complexity index is 1270. The Kier molecular flexibility index (Phi) is 5.22. The van der Waals surface area contributed by atoms with Gasteiger partial charge in [0.15, 0.2) is 10.8 Å². The average molecular weight is 463 g/mol. The second-order valence-electron chi connectivity index (χ2n) is 8.91. The summed E-state index contributed by atoms with van der Waals surface area (Å²) in [5, 5.41) is 5.43. The van der Waals surface area contributed by atoms with Crippen LogP contribution < -0.4 is 9.64 Å². The van der Waals surface area contributed by atoms with Gasteiger partial charge < -0.3 is 14.4 Å². The summed E-state index contributed by atoms with van der Waals surface area (Å²) < 4.78 is 15.3. The summed E-state index contributed by atoms with van der Waals surface area (Å²) in [6.45, 7) is 0.667. The van der Waals surface area contributed by atoms with Crippen LogP contribution in [0.5, 0.6) is 11.6 Å². The zero-order valence-electron chi connectivity index (χ0n) is 18.7. The number of thiazole rings is 1. The van der Waals surface area contributed by atoms with E-state index in [9.17, 15) is 0 Å².